The Balaban J connectivity index is 2.51. The Morgan fingerprint density at radius 1 is 1.35 bits per heavy atom. The third-order valence-electron chi connectivity index (χ3n) is 3.64. The maximum Gasteiger partial charge on any atom is 0.242 e. The van der Waals surface area contributed by atoms with Gasteiger partial charge in [-0.25, -0.2) is 0 Å². The molecule has 17 heavy (non-hydrogen) atoms. The molecule has 0 aromatic rings. The summed E-state index contributed by atoms with van der Waals surface area (Å²) in [5, 5.41) is 3.25. The monoisotopic (exact) mass is 241 g/mol. The highest BCUT2D eigenvalue weighted by molar-refractivity contribution is 5.85. The van der Waals surface area contributed by atoms with Gasteiger partial charge in [0, 0.05) is 19.1 Å². The van der Waals surface area contributed by atoms with Gasteiger partial charge in [0.2, 0.25) is 5.91 Å². The fourth-order valence-corrected chi connectivity index (χ4v) is 2.50. The smallest absolute Gasteiger partial charge is 0.242 e. The lowest BCUT2D eigenvalue weighted by molar-refractivity contribution is -0.138. The van der Waals surface area contributed by atoms with E-state index in [1.807, 2.05) is 25.7 Å². The van der Waals surface area contributed by atoms with Gasteiger partial charge in [-0.2, -0.15) is 0 Å². The summed E-state index contributed by atoms with van der Waals surface area (Å²) < 4.78 is 0. The number of nitrogens with zero attached hydrogens (tertiary/aromatic N) is 2. The van der Waals surface area contributed by atoms with Crippen molar-refractivity contribution in [2.75, 3.05) is 33.7 Å². The normalized spacial score (nSPS) is 18.8. The van der Waals surface area contributed by atoms with Crippen molar-refractivity contribution in [2.45, 2.75) is 45.2 Å². The summed E-state index contributed by atoms with van der Waals surface area (Å²) in [4.78, 5) is 16.6. The number of likely N-dealkylation sites (N-methyl/N-ethyl adjacent to an activating group) is 1. The zero-order valence-corrected chi connectivity index (χ0v) is 11.9. The summed E-state index contributed by atoms with van der Waals surface area (Å²) >= 11 is 0. The van der Waals surface area contributed by atoms with Crippen LogP contribution in [0.4, 0.5) is 0 Å². The van der Waals surface area contributed by atoms with Crippen LogP contribution in [0.15, 0.2) is 0 Å². The summed E-state index contributed by atoms with van der Waals surface area (Å²) in [6.45, 7) is 8.57. The van der Waals surface area contributed by atoms with E-state index in [9.17, 15) is 4.79 Å². The van der Waals surface area contributed by atoms with E-state index < -0.39 is 5.54 Å². The minimum atomic E-state index is -0.431. The van der Waals surface area contributed by atoms with Crippen molar-refractivity contribution in [1.29, 1.82) is 0 Å². The molecular formula is C13H27N3O. The first-order valence-electron chi connectivity index (χ1n) is 6.59. The molecule has 1 fully saturated rings. The van der Waals surface area contributed by atoms with Crippen LogP contribution in [0.1, 0.15) is 33.6 Å². The van der Waals surface area contributed by atoms with E-state index in [4.69, 9.17) is 0 Å². The van der Waals surface area contributed by atoms with Gasteiger partial charge in [0.25, 0.3) is 0 Å². The molecule has 1 heterocycles. The first-order valence-corrected chi connectivity index (χ1v) is 6.59. The van der Waals surface area contributed by atoms with E-state index in [-0.39, 0.29) is 5.91 Å². The Labute approximate surface area is 105 Å². The second kappa shape index (κ2) is 5.83. The highest BCUT2D eigenvalue weighted by Crippen LogP contribution is 2.17. The van der Waals surface area contributed by atoms with Gasteiger partial charge in [0.15, 0.2) is 0 Å². The van der Waals surface area contributed by atoms with Crippen molar-refractivity contribution < 1.29 is 4.79 Å². The fourth-order valence-electron chi connectivity index (χ4n) is 2.50. The largest absolute Gasteiger partial charge is 0.341 e. The minimum Gasteiger partial charge on any atom is -0.341 e. The third-order valence-corrected chi connectivity index (χ3v) is 3.64. The molecule has 1 aliphatic heterocycles. The van der Waals surface area contributed by atoms with E-state index in [0.717, 1.165) is 32.5 Å². The van der Waals surface area contributed by atoms with Crippen LogP contribution in [0.2, 0.25) is 0 Å². The standard InChI is InChI=1S/C13H27N3O/c1-6-14-13(2,3)12(17)16-9-7-11(8-10-16)15(4)5/h11,14H,6-10H2,1-5H3. The maximum atomic E-state index is 12.3. The molecule has 0 radical (unpaired) electrons. The molecule has 1 rings (SSSR count). The van der Waals surface area contributed by atoms with Crippen molar-refractivity contribution in [1.82, 2.24) is 15.1 Å². The number of likely N-dealkylation sites (tertiary alicyclic amines) is 1. The molecule has 0 bridgehead atoms. The van der Waals surface area contributed by atoms with Gasteiger partial charge in [-0.1, -0.05) is 6.92 Å². The number of hydrogen-bond donors (Lipinski definition) is 1. The van der Waals surface area contributed by atoms with Crippen molar-refractivity contribution in [2.24, 2.45) is 0 Å². The summed E-state index contributed by atoms with van der Waals surface area (Å²) in [7, 11) is 4.23. The molecule has 4 heteroatoms. The van der Waals surface area contributed by atoms with E-state index in [1.54, 1.807) is 0 Å². The predicted octanol–water partition coefficient (Wildman–Crippen LogP) is 0.927. The predicted molar refractivity (Wildman–Crippen MR) is 71.0 cm³/mol. The molecular weight excluding hydrogens is 214 g/mol. The van der Waals surface area contributed by atoms with Crippen molar-refractivity contribution in [3.63, 3.8) is 0 Å². The van der Waals surface area contributed by atoms with Gasteiger partial charge in [-0.15, -0.1) is 0 Å². The lowest BCUT2D eigenvalue weighted by Crippen LogP contribution is -2.56. The highest BCUT2D eigenvalue weighted by Gasteiger charge is 2.33. The zero-order valence-electron chi connectivity index (χ0n) is 11.9. The molecule has 1 N–H and O–H groups in total. The molecule has 1 saturated heterocycles. The summed E-state index contributed by atoms with van der Waals surface area (Å²) in [6.07, 6.45) is 2.17. The molecule has 0 aromatic heterocycles. The minimum absolute atomic E-state index is 0.233. The average Bonchev–Trinajstić information content (AvgIpc) is 2.28. The van der Waals surface area contributed by atoms with Gasteiger partial charge in [0.1, 0.15) is 0 Å². The van der Waals surface area contributed by atoms with Crippen LogP contribution in [0.3, 0.4) is 0 Å². The lowest BCUT2D eigenvalue weighted by Gasteiger charge is -2.39. The molecule has 4 nitrogen and oxygen atoms in total. The van der Waals surface area contributed by atoms with E-state index in [2.05, 4.69) is 24.3 Å². The molecule has 0 unspecified atom stereocenters. The van der Waals surface area contributed by atoms with Crippen LogP contribution in [-0.2, 0) is 4.79 Å². The topological polar surface area (TPSA) is 35.6 Å². The third kappa shape index (κ3) is 3.68. The summed E-state index contributed by atoms with van der Waals surface area (Å²) in [5.41, 5.74) is -0.431. The number of nitrogens with one attached hydrogen (secondary N) is 1. The number of amides is 1. The van der Waals surface area contributed by atoms with Gasteiger partial charge >= 0.3 is 0 Å². The Kier molecular flexibility index (Phi) is 4.95. The number of hydrogen-bond acceptors (Lipinski definition) is 3. The van der Waals surface area contributed by atoms with Gasteiger partial charge < -0.3 is 15.1 Å². The zero-order chi connectivity index (χ0) is 13.1. The van der Waals surface area contributed by atoms with Crippen LogP contribution in [-0.4, -0.2) is 61.0 Å². The number of piperidine rings is 1. The Morgan fingerprint density at radius 3 is 2.29 bits per heavy atom. The van der Waals surface area contributed by atoms with Crippen LogP contribution in [0.5, 0.6) is 0 Å². The molecule has 0 atom stereocenters. The average molecular weight is 241 g/mol. The molecule has 0 aliphatic carbocycles. The molecule has 100 valence electrons. The number of rotatable bonds is 4. The second-order valence-electron chi connectivity index (χ2n) is 5.64. The number of carbonyl (C=O) groups is 1. The first kappa shape index (κ1) is 14.5. The molecule has 1 amide bonds. The Hall–Kier alpha value is -0.610. The molecule has 0 saturated carbocycles. The fraction of sp³-hybridized carbons (Fsp3) is 0.923. The second-order valence-corrected chi connectivity index (χ2v) is 5.64. The quantitative estimate of drug-likeness (QED) is 0.795. The van der Waals surface area contributed by atoms with Crippen LogP contribution in [0.25, 0.3) is 0 Å². The number of carbonyl (C=O) groups excluding carboxylic acids is 1. The summed E-state index contributed by atoms with van der Waals surface area (Å²) in [6, 6.07) is 0.626. The Morgan fingerprint density at radius 2 is 1.88 bits per heavy atom. The lowest BCUT2D eigenvalue weighted by atomic mass is 9.99. The van der Waals surface area contributed by atoms with E-state index in [0.29, 0.717) is 6.04 Å². The van der Waals surface area contributed by atoms with Crippen molar-refractivity contribution in [3.8, 4) is 0 Å². The van der Waals surface area contributed by atoms with Crippen molar-refractivity contribution >= 4 is 5.91 Å². The van der Waals surface area contributed by atoms with Crippen LogP contribution >= 0.6 is 0 Å². The summed E-state index contributed by atoms with van der Waals surface area (Å²) in [5.74, 6) is 0.233. The maximum absolute atomic E-state index is 12.3. The van der Waals surface area contributed by atoms with Gasteiger partial charge in [-0.05, 0) is 47.3 Å². The highest BCUT2D eigenvalue weighted by atomic mass is 16.2. The van der Waals surface area contributed by atoms with E-state index >= 15 is 0 Å². The first-order chi connectivity index (χ1) is 7.88. The molecule has 1 aliphatic rings. The van der Waals surface area contributed by atoms with Gasteiger partial charge in [0.05, 0.1) is 5.54 Å². The SMILES string of the molecule is CCNC(C)(C)C(=O)N1CCC(N(C)C)CC1. The van der Waals surface area contributed by atoms with Gasteiger partial charge in [-0.3, -0.25) is 4.79 Å². The van der Waals surface area contributed by atoms with Crippen LogP contribution < -0.4 is 5.32 Å². The molecule has 0 aromatic carbocycles. The van der Waals surface area contributed by atoms with Crippen molar-refractivity contribution in [3.05, 3.63) is 0 Å². The van der Waals surface area contributed by atoms with Crippen LogP contribution in [0, 0.1) is 0 Å². The van der Waals surface area contributed by atoms with E-state index in [1.165, 1.54) is 0 Å². The Bertz CT molecular complexity index is 255. The molecule has 0 spiro atoms.